The summed E-state index contributed by atoms with van der Waals surface area (Å²) in [5.41, 5.74) is 18.7. The molecule has 0 atom stereocenters. The van der Waals surface area contributed by atoms with Gasteiger partial charge in [-0.3, -0.25) is 0 Å². The van der Waals surface area contributed by atoms with Crippen LogP contribution in [0.25, 0.3) is 46.4 Å². The molecule has 2 aliphatic rings. The highest BCUT2D eigenvalue weighted by atomic mass is 28.3. The number of hydrogen-bond donors (Lipinski definition) is 2. The lowest BCUT2D eigenvalue weighted by molar-refractivity contribution is 0.304. The van der Waals surface area contributed by atoms with Crippen LogP contribution < -0.4 is 9.47 Å². The average Bonchev–Trinajstić information content (AvgIpc) is 4.29. The van der Waals surface area contributed by atoms with Crippen LogP contribution in [-0.2, 0) is 0 Å². The molecule has 0 unspecified atom stereocenters. The van der Waals surface area contributed by atoms with Crippen molar-refractivity contribution in [1.29, 1.82) is 0 Å². The highest BCUT2D eigenvalue weighted by Gasteiger charge is 2.17. The number of nitrogens with one attached hydrogen (secondary N) is 2. The van der Waals surface area contributed by atoms with Gasteiger partial charge in [0.1, 0.15) is 27.6 Å². The number of ether oxygens (including phenoxy) is 2. The van der Waals surface area contributed by atoms with Crippen LogP contribution in [0.3, 0.4) is 0 Å². The summed E-state index contributed by atoms with van der Waals surface area (Å²) in [6.07, 6.45) is 34.3. The van der Waals surface area contributed by atoms with Gasteiger partial charge in [0.25, 0.3) is 0 Å². The fourth-order valence-electron chi connectivity index (χ4n) is 9.33. The predicted octanol–water partition coefficient (Wildman–Crippen LogP) is 18.5. The Hall–Kier alpha value is -6.69. The van der Waals surface area contributed by atoms with Gasteiger partial charge in [-0.05, 0) is 110 Å². The predicted molar refractivity (Wildman–Crippen MR) is 339 cm³/mol. The molecule has 0 amide bonds. The number of aromatic amines is 2. The first-order valence-corrected chi connectivity index (χ1v) is 36.6. The maximum absolute atomic E-state index is 6.16. The van der Waals surface area contributed by atoms with Gasteiger partial charge < -0.3 is 19.4 Å². The summed E-state index contributed by atoms with van der Waals surface area (Å²) in [7, 11) is -3.60. The Bertz CT molecular complexity index is 3070. The third-order valence-corrected chi connectivity index (χ3v) is 15.5. The van der Waals surface area contributed by atoms with Gasteiger partial charge in [0.2, 0.25) is 0 Å². The van der Waals surface area contributed by atoms with Crippen LogP contribution in [0.5, 0.6) is 11.5 Å². The van der Waals surface area contributed by atoms with E-state index in [0.29, 0.717) is 0 Å². The Morgan fingerprint density at radius 2 is 0.654 bits per heavy atom. The summed E-state index contributed by atoms with van der Waals surface area (Å²) in [5.74, 6) is 23.0. The molecule has 8 heteroatoms. The standard InChI is InChI=1S/C70H86N4O2Si2/c1-9-11-13-15-17-19-21-23-25-27-51-75-57-35-29-55(30-36-57)33-39-59-63-41-45-67(71-63)61(49-53-77(3,4)5)69-47-43-65(73-69)60(66-44-48-70(74-66)62(50-54-78(6,7)8)68-46-42-64(59)72-68)40-34-56-31-37-58(38-32-56)76-52-28-26-24-22-20-18-16-14-12-10-2/h29-32,35-38,41-48,71,73H,9-28,51-52H2,1-8H3. The fourth-order valence-corrected chi connectivity index (χ4v) is 10.3. The van der Waals surface area contributed by atoms with E-state index in [4.69, 9.17) is 19.4 Å². The van der Waals surface area contributed by atoms with E-state index in [9.17, 15) is 0 Å². The number of nitrogens with zero attached hydrogens (tertiary/aromatic N) is 2. The molecule has 0 radical (unpaired) electrons. The number of H-pyrrole nitrogens is 2. The summed E-state index contributed by atoms with van der Waals surface area (Å²) >= 11 is 0. The van der Waals surface area contributed by atoms with Crippen LogP contribution in [0.15, 0.2) is 72.8 Å². The van der Waals surface area contributed by atoms with Crippen molar-refractivity contribution in [3.05, 3.63) is 129 Å². The SMILES string of the molecule is CCCCCCCCCCCCOc1ccc(C#Cc2c3nc(c(C#C[Si](C)(C)C)c4nc(c(C#Cc5ccc(OCCCCCCCCCCCC)cc5)c5ccc([nH]5)c(C#C[Si](C)(C)C)c5ccc2[nH]5)C=C4)C=C3)cc1. The van der Waals surface area contributed by atoms with Gasteiger partial charge in [0.05, 0.1) is 80.3 Å². The largest absolute Gasteiger partial charge is 0.494 e. The number of rotatable bonds is 24. The van der Waals surface area contributed by atoms with Crippen LogP contribution in [0.4, 0.5) is 0 Å². The van der Waals surface area contributed by atoms with Crippen LogP contribution in [0, 0.1) is 46.6 Å². The highest BCUT2D eigenvalue weighted by Crippen LogP contribution is 2.28. The molecule has 0 saturated carbocycles. The molecule has 78 heavy (non-hydrogen) atoms. The lowest BCUT2D eigenvalue weighted by Crippen LogP contribution is -2.16. The molecule has 6 nitrogen and oxygen atoms in total. The molecule has 2 N–H and O–H groups in total. The summed E-state index contributed by atoms with van der Waals surface area (Å²) in [6.45, 7) is 19.6. The minimum atomic E-state index is -1.81. The number of fused-ring (bicyclic) bond motifs is 8. The van der Waals surface area contributed by atoms with Gasteiger partial charge in [0, 0.05) is 11.1 Å². The van der Waals surface area contributed by atoms with Crippen molar-refractivity contribution in [3.8, 4) is 58.1 Å². The zero-order valence-electron chi connectivity index (χ0n) is 48.5. The molecule has 0 saturated heterocycles. The monoisotopic (exact) mass is 1070 g/mol. The molecule has 5 heterocycles. The van der Waals surface area contributed by atoms with E-state index in [0.717, 1.165) is 116 Å². The lowest BCUT2D eigenvalue weighted by atomic mass is 10.1. The Kier molecular flexibility index (Phi) is 23.0. The smallest absolute Gasteiger partial charge is 0.129 e. The van der Waals surface area contributed by atoms with Crippen LogP contribution in [-0.4, -0.2) is 49.3 Å². The zero-order valence-corrected chi connectivity index (χ0v) is 50.5. The number of aromatic nitrogens is 4. The second-order valence-corrected chi connectivity index (χ2v) is 32.6. The van der Waals surface area contributed by atoms with E-state index < -0.39 is 16.1 Å². The Morgan fingerprint density at radius 1 is 0.346 bits per heavy atom. The molecule has 3 aromatic heterocycles. The van der Waals surface area contributed by atoms with Crippen molar-refractivity contribution in [1.82, 2.24) is 19.9 Å². The number of unbranched alkanes of at least 4 members (excludes halogenated alkanes) is 18. The third-order valence-electron chi connectivity index (χ3n) is 13.8. The maximum atomic E-state index is 6.16. The first kappa shape index (κ1) is 59.0. The van der Waals surface area contributed by atoms with E-state index in [1.165, 1.54) is 116 Å². The van der Waals surface area contributed by atoms with Crippen molar-refractivity contribution in [2.24, 2.45) is 0 Å². The molecule has 7 rings (SSSR count). The second kappa shape index (κ2) is 30.5. The van der Waals surface area contributed by atoms with E-state index >= 15 is 0 Å². The van der Waals surface area contributed by atoms with Crippen molar-refractivity contribution < 1.29 is 9.47 Å². The summed E-state index contributed by atoms with van der Waals surface area (Å²) < 4.78 is 12.3. The highest BCUT2D eigenvalue weighted by molar-refractivity contribution is 6.84. The molecule has 0 aliphatic carbocycles. The molecular weight excluding hydrogens is 985 g/mol. The minimum absolute atomic E-state index is 0.728. The fraction of sp³-hybridized carbons (Fsp3) is 0.429. The van der Waals surface area contributed by atoms with Crippen molar-refractivity contribution in [3.63, 3.8) is 0 Å². The molecule has 2 aromatic carbocycles. The topological polar surface area (TPSA) is 75.8 Å². The van der Waals surface area contributed by atoms with E-state index in [1.807, 2.05) is 72.8 Å². The van der Waals surface area contributed by atoms with Gasteiger partial charge >= 0.3 is 0 Å². The number of hydrogen-bond acceptors (Lipinski definition) is 4. The first-order valence-electron chi connectivity index (χ1n) is 29.6. The summed E-state index contributed by atoms with van der Waals surface area (Å²) in [5, 5.41) is 0. The van der Waals surface area contributed by atoms with Gasteiger partial charge in [-0.1, -0.05) is 204 Å². The number of benzene rings is 2. The second-order valence-electron chi connectivity index (χ2n) is 23.1. The van der Waals surface area contributed by atoms with Gasteiger partial charge in [0.15, 0.2) is 0 Å². The molecule has 0 fully saturated rings. The first-order chi connectivity index (χ1) is 37.9. The molecule has 8 bridgehead atoms. The van der Waals surface area contributed by atoms with Crippen molar-refractivity contribution in [2.75, 3.05) is 13.2 Å². The minimum Gasteiger partial charge on any atom is -0.494 e. The van der Waals surface area contributed by atoms with Crippen LogP contribution >= 0.6 is 0 Å². The van der Waals surface area contributed by atoms with E-state index in [-0.39, 0.29) is 0 Å². The molecule has 0 spiro atoms. The Balaban J connectivity index is 1.20. The summed E-state index contributed by atoms with van der Waals surface area (Å²) in [6, 6.07) is 24.7. The van der Waals surface area contributed by atoms with E-state index in [2.05, 4.69) is 134 Å². The van der Waals surface area contributed by atoms with Gasteiger partial charge in [-0.2, -0.15) is 0 Å². The van der Waals surface area contributed by atoms with Gasteiger partial charge in [-0.25, -0.2) is 9.97 Å². The molecule has 406 valence electrons. The van der Waals surface area contributed by atoms with E-state index in [1.54, 1.807) is 0 Å². The summed E-state index contributed by atoms with van der Waals surface area (Å²) in [4.78, 5) is 18.1. The van der Waals surface area contributed by atoms with Crippen LogP contribution in [0.2, 0.25) is 39.3 Å². The maximum Gasteiger partial charge on any atom is 0.129 e. The van der Waals surface area contributed by atoms with Crippen LogP contribution in [0.1, 0.15) is 198 Å². The lowest BCUT2D eigenvalue weighted by Gasteiger charge is -2.06. The zero-order chi connectivity index (χ0) is 55.0. The Labute approximate surface area is 471 Å². The average molecular weight is 1070 g/mol. The quantitative estimate of drug-likeness (QED) is 0.0359. The molecule has 2 aliphatic heterocycles. The van der Waals surface area contributed by atoms with Crippen molar-refractivity contribution >= 4 is 62.5 Å². The molecular formula is C70H86N4O2Si2. The van der Waals surface area contributed by atoms with Gasteiger partial charge in [-0.15, -0.1) is 11.1 Å². The Morgan fingerprint density at radius 3 is 1.00 bits per heavy atom. The normalized spacial score (nSPS) is 11.7. The molecule has 5 aromatic rings. The third kappa shape index (κ3) is 19.3. The van der Waals surface area contributed by atoms with Crippen molar-refractivity contribution in [2.45, 2.75) is 182 Å².